The molecule has 0 unspecified atom stereocenters. The molecule has 82 valence electrons. The van der Waals surface area contributed by atoms with Crippen molar-refractivity contribution < 1.29 is 10.0 Å². The van der Waals surface area contributed by atoms with Crippen LogP contribution in [-0.4, -0.2) is 25.7 Å². The lowest BCUT2D eigenvalue weighted by Crippen LogP contribution is -2.26. The summed E-state index contributed by atoms with van der Waals surface area (Å²) in [6, 6.07) is -0.0556. The van der Waals surface area contributed by atoms with Gasteiger partial charge in [-0.05, 0) is 22.7 Å². The fourth-order valence-electron chi connectivity index (χ4n) is 2.04. The molecule has 6 heteroatoms. The van der Waals surface area contributed by atoms with Gasteiger partial charge in [-0.1, -0.05) is 12.8 Å². The average molecular weight is 211 g/mol. The summed E-state index contributed by atoms with van der Waals surface area (Å²) >= 11 is 0. The van der Waals surface area contributed by atoms with Gasteiger partial charge in [-0.3, -0.25) is 0 Å². The Labute approximate surface area is 86.7 Å². The van der Waals surface area contributed by atoms with Gasteiger partial charge >= 0.3 is 5.82 Å². The van der Waals surface area contributed by atoms with Crippen LogP contribution in [0.15, 0.2) is 12.5 Å². The topological polar surface area (TPSA) is 81.2 Å². The van der Waals surface area contributed by atoms with Crippen molar-refractivity contribution >= 4 is 5.82 Å². The Hall–Kier alpha value is -1.43. The van der Waals surface area contributed by atoms with E-state index in [9.17, 15) is 15.2 Å². The van der Waals surface area contributed by atoms with Crippen LogP contribution < -0.4 is 0 Å². The van der Waals surface area contributed by atoms with Gasteiger partial charge in [-0.15, -0.1) is 0 Å². The van der Waals surface area contributed by atoms with E-state index in [1.54, 1.807) is 4.57 Å². The number of imidazole rings is 1. The van der Waals surface area contributed by atoms with Gasteiger partial charge in [0.05, 0.1) is 12.1 Å². The SMILES string of the molecule is O=[N+]([O-])c1cn([C@@H]2CCCC[C@H]2O)cn1. The minimum absolute atomic E-state index is 0.0556. The molecule has 2 rings (SSSR count). The van der Waals surface area contributed by atoms with E-state index < -0.39 is 11.0 Å². The van der Waals surface area contributed by atoms with E-state index in [2.05, 4.69) is 4.98 Å². The fraction of sp³-hybridized carbons (Fsp3) is 0.667. The Morgan fingerprint density at radius 3 is 2.87 bits per heavy atom. The van der Waals surface area contributed by atoms with Crippen LogP contribution in [0.4, 0.5) is 5.82 Å². The Bertz CT molecular complexity index is 363. The molecule has 1 aliphatic rings. The fourth-order valence-corrected chi connectivity index (χ4v) is 2.04. The molecule has 0 amide bonds. The number of hydrogen-bond donors (Lipinski definition) is 1. The van der Waals surface area contributed by atoms with Crippen molar-refractivity contribution in [3.63, 3.8) is 0 Å². The Balaban J connectivity index is 2.17. The molecule has 6 nitrogen and oxygen atoms in total. The summed E-state index contributed by atoms with van der Waals surface area (Å²) in [7, 11) is 0. The van der Waals surface area contributed by atoms with Gasteiger partial charge in [-0.25, -0.2) is 0 Å². The van der Waals surface area contributed by atoms with Crippen LogP contribution in [0.25, 0.3) is 0 Å². The highest BCUT2D eigenvalue weighted by Crippen LogP contribution is 2.29. The van der Waals surface area contributed by atoms with E-state index in [1.165, 1.54) is 12.5 Å². The third-order valence-electron chi connectivity index (χ3n) is 2.85. The first-order valence-corrected chi connectivity index (χ1v) is 5.04. The Kier molecular flexibility index (Phi) is 2.68. The first-order valence-electron chi connectivity index (χ1n) is 5.04. The molecule has 1 N–H and O–H groups in total. The van der Waals surface area contributed by atoms with Crippen molar-refractivity contribution in [1.82, 2.24) is 9.55 Å². The van der Waals surface area contributed by atoms with Crippen molar-refractivity contribution in [3.05, 3.63) is 22.6 Å². The maximum Gasteiger partial charge on any atom is 0.381 e. The molecule has 0 spiro atoms. The maximum atomic E-state index is 10.4. The molecule has 1 aromatic rings. The van der Waals surface area contributed by atoms with Crippen LogP contribution in [0.1, 0.15) is 31.7 Å². The summed E-state index contributed by atoms with van der Waals surface area (Å²) in [4.78, 5) is 13.6. The third-order valence-corrected chi connectivity index (χ3v) is 2.85. The van der Waals surface area contributed by atoms with E-state index in [0.29, 0.717) is 0 Å². The largest absolute Gasteiger partial charge is 0.391 e. The molecule has 0 bridgehead atoms. The second-order valence-electron chi connectivity index (χ2n) is 3.86. The molecule has 1 saturated carbocycles. The Morgan fingerprint density at radius 1 is 1.53 bits per heavy atom. The van der Waals surface area contributed by atoms with Gasteiger partial charge in [0.15, 0.2) is 0 Å². The van der Waals surface area contributed by atoms with Gasteiger partial charge in [0.1, 0.15) is 6.20 Å². The monoisotopic (exact) mass is 211 g/mol. The number of aliphatic hydroxyl groups excluding tert-OH is 1. The zero-order chi connectivity index (χ0) is 10.8. The third kappa shape index (κ3) is 1.99. The van der Waals surface area contributed by atoms with Crippen molar-refractivity contribution in [2.75, 3.05) is 0 Å². The summed E-state index contributed by atoms with van der Waals surface area (Å²) in [5.74, 6) is -0.159. The molecule has 1 fully saturated rings. The van der Waals surface area contributed by atoms with Crippen LogP contribution >= 0.6 is 0 Å². The van der Waals surface area contributed by atoms with Gasteiger partial charge in [0, 0.05) is 0 Å². The number of aromatic nitrogens is 2. The lowest BCUT2D eigenvalue weighted by atomic mass is 9.92. The zero-order valence-electron chi connectivity index (χ0n) is 8.24. The van der Waals surface area contributed by atoms with Gasteiger partial charge in [0.2, 0.25) is 6.33 Å². The molecule has 2 atom stereocenters. The number of rotatable bonds is 2. The van der Waals surface area contributed by atoms with E-state index in [1.807, 2.05) is 0 Å². The first kappa shape index (κ1) is 10.1. The Morgan fingerprint density at radius 2 is 2.27 bits per heavy atom. The highest BCUT2D eigenvalue weighted by atomic mass is 16.6. The van der Waals surface area contributed by atoms with E-state index >= 15 is 0 Å². The van der Waals surface area contributed by atoms with Crippen LogP contribution in [0.5, 0.6) is 0 Å². The van der Waals surface area contributed by atoms with Crippen LogP contribution in [0.3, 0.4) is 0 Å². The summed E-state index contributed by atoms with van der Waals surface area (Å²) in [6.07, 6.45) is 6.09. The van der Waals surface area contributed by atoms with Crippen molar-refractivity contribution in [2.45, 2.75) is 37.8 Å². The molecular weight excluding hydrogens is 198 g/mol. The summed E-state index contributed by atoms with van der Waals surface area (Å²) in [5.41, 5.74) is 0. The second-order valence-corrected chi connectivity index (χ2v) is 3.86. The average Bonchev–Trinajstić information content (AvgIpc) is 2.67. The molecule has 0 saturated heterocycles. The normalized spacial score (nSPS) is 26.5. The molecule has 0 aliphatic heterocycles. The van der Waals surface area contributed by atoms with Crippen molar-refractivity contribution in [3.8, 4) is 0 Å². The summed E-state index contributed by atoms with van der Waals surface area (Å²) < 4.78 is 1.65. The summed E-state index contributed by atoms with van der Waals surface area (Å²) in [6.45, 7) is 0. The number of nitrogens with zero attached hydrogens (tertiary/aromatic N) is 3. The zero-order valence-corrected chi connectivity index (χ0v) is 8.24. The molecule has 0 aromatic carbocycles. The van der Waals surface area contributed by atoms with Crippen LogP contribution in [0.2, 0.25) is 0 Å². The number of hydrogen-bond acceptors (Lipinski definition) is 4. The van der Waals surface area contributed by atoms with Crippen LogP contribution in [-0.2, 0) is 0 Å². The molecular formula is C9H13N3O3. The van der Waals surface area contributed by atoms with E-state index in [-0.39, 0.29) is 11.9 Å². The van der Waals surface area contributed by atoms with E-state index in [4.69, 9.17) is 0 Å². The number of nitro groups is 1. The van der Waals surface area contributed by atoms with E-state index in [0.717, 1.165) is 25.7 Å². The van der Waals surface area contributed by atoms with Gasteiger partial charge in [0.25, 0.3) is 0 Å². The highest BCUT2D eigenvalue weighted by Gasteiger charge is 2.26. The quantitative estimate of drug-likeness (QED) is 0.590. The lowest BCUT2D eigenvalue weighted by Gasteiger charge is -2.27. The lowest BCUT2D eigenvalue weighted by molar-refractivity contribution is -0.389. The highest BCUT2D eigenvalue weighted by molar-refractivity contribution is 5.13. The minimum Gasteiger partial charge on any atom is -0.391 e. The molecule has 1 aromatic heterocycles. The van der Waals surface area contributed by atoms with Crippen molar-refractivity contribution in [2.24, 2.45) is 0 Å². The smallest absolute Gasteiger partial charge is 0.381 e. The molecule has 1 aliphatic carbocycles. The predicted molar refractivity (Wildman–Crippen MR) is 52.4 cm³/mol. The molecule has 1 heterocycles. The van der Waals surface area contributed by atoms with Crippen LogP contribution in [0, 0.1) is 10.1 Å². The summed E-state index contributed by atoms with van der Waals surface area (Å²) in [5, 5.41) is 20.2. The maximum absolute atomic E-state index is 10.4. The molecule has 0 radical (unpaired) electrons. The van der Waals surface area contributed by atoms with Crippen molar-refractivity contribution in [1.29, 1.82) is 0 Å². The number of aliphatic hydroxyl groups is 1. The standard InChI is InChI=1S/C9H13N3O3/c13-8-4-2-1-3-7(8)11-5-9(10-6-11)12(14)15/h5-8,13H,1-4H2/t7-,8-/m1/s1. The predicted octanol–water partition coefficient (Wildman–Crippen LogP) is 1.27. The molecule has 15 heavy (non-hydrogen) atoms. The second kappa shape index (κ2) is 3.98. The van der Waals surface area contributed by atoms with Gasteiger partial charge in [-0.2, -0.15) is 0 Å². The first-order chi connectivity index (χ1) is 7.18. The minimum atomic E-state index is -0.522. The van der Waals surface area contributed by atoms with Gasteiger partial charge < -0.3 is 19.8 Å².